The number of aliphatic hydroxyl groups is 1. The molecular weight excluding hydrogens is 408 g/mol. The van der Waals surface area contributed by atoms with Crippen LogP contribution in [0.25, 0.3) is 0 Å². The summed E-state index contributed by atoms with van der Waals surface area (Å²) < 4.78 is 4.54. The van der Waals surface area contributed by atoms with Crippen LogP contribution in [-0.4, -0.2) is 31.2 Å². The van der Waals surface area contributed by atoms with Gasteiger partial charge in [-0.1, -0.05) is 38.5 Å². The SMILES string of the molecule is C/C(C=O)=C\CCC(C)C1CCC2C3CC=C4CC(O)CCC4(C)C3CCC12C.CCOC. The number of allylic oxidation sites excluding steroid dienone is 3. The Morgan fingerprint density at radius 1 is 1.21 bits per heavy atom. The fourth-order valence-corrected chi connectivity index (χ4v) is 8.44. The second-order valence-electron chi connectivity index (χ2n) is 12.1. The van der Waals surface area contributed by atoms with E-state index in [9.17, 15) is 9.90 Å². The van der Waals surface area contributed by atoms with Gasteiger partial charge in [0.1, 0.15) is 6.29 Å². The normalized spacial score (nSPS) is 41.0. The molecule has 8 unspecified atom stereocenters. The third kappa shape index (κ3) is 5.35. The van der Waals surface area contributed by atoms with Crippen molar-refractivity contribution in [3.8, 4) is 0 Å². The zero-order chi connectivity index (χ0) is 24.2. The molecule has 33 heavy (non-hydrogen) atoms. The van der Waals surface area contributed by atoms with Crippen molar-refractivity contribution in [1.29, 1.82) is 0 Å². The van der Waals surface area contributed by atoms with E-state index in [4.69, 9.17) is 0 Å². The minimum Gasteiger partial charge on any atom is -0.393 e. The average Bonchev–Trinajstić information content (AvgIpc) is 3.16. The van der Waals surface area contributed by atoms with E-state index in [2.05, 4.69) is 37.7 Å². The molecule has 4 aliphatic carbocycles. The first-order valence-electron chi connectivity index (χ1n) is 13.7. The molecule has 0 spiro atoms. The lowest BCUT2D eigenvalue weighted by Gasteiger charge is -2.58. The van der Waals surface area contributed by atoms with Crippen LogP contribution in [0.1, 0.15) is 98.8 Å². The van der Waals surface area contributed by atoms with Crippen molar-refractivity contribution in [2.75, 3.05) is 13.7 Å². The smallest absolute Gasteiger partial charge is 0.145 e. The van der Waals surface area contributed by atoms with E-state index in [-0.39, 0.29) is 6.10 Å². The minimum absolute atomic E-state index is 0.103. The summed E-state index contributed by atoms with van der Waals surface area (Å²) in [5, 5.41) is 10.2. The molecule has 0 aromatic carbocycles. The molecule has 0 radical (unpaired) electrons. The molecule has 188 valence electrons. The van der Waals surface area contributed by atoms with Crippen LogP contribution in [-0.2, 0) is 9.53 Å². The van der Waals surface area contributed by atoms with Crippen molar-refractivity contribution in [2.45, 2.75) is 105 Å². The average molecular weight is 459 g/mol. The summed E-state index contributed by atoms with van der Waals surface area (Å²) in [6.45, 7) is 12.3. The van der Waals surface area contributed by atoms with Crippen molar-refractivity contribution < 1.29 is 14.6 Å². The molecule has 8 atom stereocenters. The first-order valence-corrected chi connectivity index (χ1v) is 13.7. The van der Waals surface area contributed by atoms with Gasteiger partial charge in [-0.05, 0) is 124 Å². The van der Waals surface area contributed by atoms with Crippen LogP contribution in [0.2, 0.25) is 0 Å². The van der Waals surface area contributed by atoms with E-state index in [1.54, 1.807) is 12.7 Å². The number of carbonyl (C=O) groups is 1. The molecule has 0 aromatic heterocycles. The molecule has 0 bridgehead atoms. The molecule has 0 saturated heterocycles. The predicted molar refractivity (Wildman–Crippen MR) is 137 cm³/mol. The lowest BCUT2D eigenvalue weighted by molar-refractivity contribution is -0.104. The minimum atomic E-state index is -0.103. The highest BCUT2D eigenvalue weighted by Gasteiger charge is 2.59. The lowest BCUT2D eigenvalue weighted by atomic mass is 9.47. The number of fused-ring (bicyclic) bond motifs is 5. The largest absolute Gasteiger partial charge is 0.393 e. The third-order valence-corrected chi connectivity index (χ3v) is 10.4. The molecule has 0 aliphatic heterocycles. The predicted octanol–water partition coefficient (Wildman–Crippen LogP) is 7.14. The maximum Gasteiger partial charge on any atom is 0.145 e. The van der Waals surface area contributed by atoms with Gasteiger partial charge in [0, 0.05) is 13.7 Å². The van der Waals surface area contributed by atoms with Gasteiger partial charge < -0.3 is 9.84 Å². The fraction of sp³-hybridized carbons (Fsp3) is 0.833. The Morgan fingerprint density at radius 3 is 2.61 bits per heavy atom. The zero-order valence-corrected chi connectivity index (χ0v) is 22.2. The van der Waals surface area contributed by atoms with Gasteiger partial charge in [-0.15, -0.1) is 0 Å². The molecular formula is C30H50O3. The van der Waals surface area contributed by atoms with Crippen molar-refractivity contribution in [3.63, 3.8) is 0 Å². The summed E-state index contributed by atoms with van der Waals surface area (Å²) in [7, 11) is 1.68. The Labute approximate surface area is 203 Å². The zero-order valence-electron chi connectivity index (χ0n) is 22.2. The van der Waals surface area contributed by atoms with Crippen LogP contribution in [0, 0.1) is 40.4 Å². The topological polar surface area (TPSA) is 46.5 Å². The first-order chi connectivity index (χ1) is 15.7. The van der Waals surface area contributed by atoms with Gasteiger partial charge in [-0.3, -0.25) is 4.79 Å². The Morgan fingerprint density at radius 2 is 1.94 bits per heavy atom. The quantitative estimate of drug-likeness (QED) is 0.261. The van der Waals surface area contributed by atoms with Gasteiger partial charge in [0.25, 0.3) is 0 Å². The highest BCUT2D eigenvalue weighted by atomic mass is 16.5. The monoisotopic (exact) mass is 458 g/mol. The summed E-state index contributed by atoms with van der Waals surface area (Å²) in [5.74, 6) is 4.15. The molecule has 0 aromatic rings. The van der Waals surface area contributed by atoms with E-state index in [0.717, 1.165) is 67.3 Å². The van der Waals surface area contributed by atoms with Crippen LogP contribution in [0.4, 0.5) is 0 Å². The van der Waals surface area contributed by atoms with Gasteiger partial charge in [-0.2, -0.15) is 0 Å². The molecule has 3 nitrogen and oxygen atoms in total. The van der Waals surface area contributed by atoms with Gasteiger partial charge in [0.05, 0.1) is 6.10 Å². The van der Waals surface area contributed by atoms with Crippen LogP contribution in [0.5, 0.6) is 0 Å². The molecule has 0 heterocycles. The van der Waals surface area contributed by atoms with Crippen molar-refractivity contribution in [1.82, 2.24) is 0 Å². The number of aldehydes is 1. The Bertz CT molecular complexity index is 722. The maximum absolute atomic E-state index is 10.9. The van der Waals surface area contributed by atoms with E-state index in [0.29, 0.717) is 10.8 Å². The van der Waals surface area contributed by atoms with Gasteiger partial charge >= 0.3 is 0 Å². The number of methoxy groups -OCH3 is 1. The molecule has 1 N–H and O–H groups in total. The molecule has 0 amide bonds. The van der Waals surface area contributed by atoms with Crippen molar-refractivity contribution >= 4 is 6.29 Å². The number of rotatable bonds is 6. The second kappa shape index (κ2) is 11.2. The van der Waals surface area contributed by atoms with E-state index < -0.39 is 0 Å². The van der Waals surface area contributed by atoms with E-state index >= 15 is 0 Å². The summed E-state index contributed by atoms with van der Waals surface area (Å²) >= 11 is 0. The lowest BCUT2D eigenvalue weighted by Crippen LogP contribution is -2.50. The van der Waals surface area contributed by atoms with Crippen LogP contribution >= 0.6 is 0 Å². The van der Waals surface area contributed by atoms with Crippen LogP contribution in [0.15, 0.2) is 23.3 Å². The summed E-state index contributed by atoms with van der Waals surface area (Å²) in [6.07, 6.45) is 17.8. The number of aliphatic hydroxyl groups excluding tert-OH is 1. The number of carbonyl (C=O) groups excluding carboxylic acids is 1. The standard InChI is InChI=1S/C27H42O2.C3H8O/c1-18(17-28)6-5-7-19(2)23-10-11-24-22-9-8-20-16-21(29)12-14-26(20,3)25(22)13-15-27(23,24)4;1-3-4-2/h6,8,17,19,21-25,29H,5,7,9-16H2,1-4H3;3H2,1-2H3/b18-6+;. The molecule has 4 rings (SSSR count). The second-order valence-corrected chi connectivity index (χ2v) is 12.1. The Kier molecular flexibility index (Phi) is 9.06. The Hall–Kier alpha value is -0.930. The first kappa shape index (κ1) is 26.7. The van der Waals surface area contributed by atoms with Gasteiger partial charge in [0.2, 0.25) is 0 Å². The fourth-order valence-electron chi connectivity index (χ4n) is 8.44. The van der Waals surface area contributed by atoms with Crippen LogP contribution in [0.3, 0.4) is 0 Å². The highest BCUT2D eigenvalue weighted by Crippen LogP contribution is 2.67. The van der Waals surface area contributed by atoms with Gasteiger partial charge in [0.15, 0.2) is 0 Å². The van der Waals surface area contributed by atoms with E-state index in [1.165, 1.54) is 44.9 Å². The summed E-state index contributed by atoms with van der Waals surface area (Å²) in [6, 6.07) is 0. The highest BCUT2D eigenvalue weighted by molar-refractivity contribution is 5.71. The third-order valence-electron chi connectivity index (χ3n) is 10.4. The van der Waals surface area contributed by atoms with Gasteiger partial charge in [-0.25, -0.2) is 0 Å². The molecule has 3 fully saturated rings. The molecule has 3 heteroatoms. The number of hydrogen-bond acceptors (Lipinski definition) is 3. The summed E-state index contributed by atoms with van der Waals surface area (Å²) in [4.78, 5) is 10.9. The van der Waals surface area contributed by atoms with Crippen molar-refractivity contribution in [3.05, 3.63) is 23.3 Å². The summed E-state index contributed by atoms with van der Waals surface area (Å²) in [5.41, 5.74) is 3.31. The van der Waals surface area contributed by atoms with E-state index in [1.807, 2.05) is 13.8 Å². The number of hydrogen-bond donors (Lipinski definition) is 1. The molecule has 3 saturated carbocycles. The van der Waals surface area contributed by atoms with Crippen molar-refractivity contribution in [2.24, 2.45) is 40.4 Å². The molecule has 4 aliphatic rings. The Balaban J connectivity index is 0.000000709. The van der Waals surface area contributed by atoms with Crippen LogP contribution < -0.4 is 0 Å². The number of ether oxygens (including phenoxy) is 1. The maximum atomic E-state index is 10.9.